The Morgan fingerprint density at radius 3 is 2.34 bits per heavy atom. The third-order valence-corrected chi connectivity index (χ3v) is 5.27. The van der Waals surface area contributed by atoms with Gasteiger partial charge in [0.1, 0.15) is 17.5 Å². The Morgan fingerprint density at radius 1 is 0.781 bits per heavy atom. The highest BCUT2D eigenvalue weighted by Crippen LogP contribution is 2.32. The summed E-state index contributed by atoms with van der Waals surface area (Å²) >= 11 is 5.96. The number of nitrogens with zero attached hydrogens (tertiary/aromatic N) is 3. The predicted molar refractivity (Wildman–Crippen MR) is 123 cm³/mol. The summed E-state index contributed by atoms with van der Waals surface area (Å²) in [6.07, 6.45) is 3.37. The Bertz CT molecular complexity index is 1420. The number of benzene rings is 3. The van der Waals surface area contributed by atoms with Gasteiger partial charge < -0.3 is 5.32 Å². The minimum Gasteiger partial charge on any atom is -0.340 e. The molecule has 0 saturated carbocycles. The van der Waals surface area contributed by atoms with Crippen molar-refractivity contribution in [3.05, 3.63) is 102 Å². The normalized spacial score (nSPS) is 11.0. The standard InChI is InChI=1S/C25H15ClF2N4/c26-21-13-19(8-9-22(21)28)30-25-20-12-16(15-3-6-18(27)7-4-15)5-10-23(20)31-24(32-25)17-2-1-11-29-14-17/h1-14H,(H,30,31,32). The first-order chi connectivity index (χ1) is 15.6. The Hall–Kier alpha value is -3.90. The number of hydrogen-bond donors (Lipinski definition) is 1. The summed E-state index contributed by atoms with van der Waals surface area (Å²) in [5, 5.41) is 3.99. The van der Waals surface area contributed by atoms with Crippen LogP contribution < -0.4 is 5.32 Å². The maximum atomic E-state index is 13.6. The van der Waals surface area contributed by atoms with E-state index in [0.717, 1.165) is 22.1 Å². The molecule has 5 rings (SSSR count). The molecule has 3 aromatic carbocycles. The van der Waals surface area contributed by atoms with Crippen LogP contribution in [0.5, 0.6) is 0 Å². The van der Waals surface area contributed by atoms with E-state index in [-0.39, 0.29) is 10.8 Å². The summed E-state index contributed by atoms with van der Waals surface area (Å²) in [6, 6.07) is 20.1. The van der Waals surface area contributed by atoms with E-state index in [1.54, 1.807) is 30.6 Å². The van der Waals surface area contributed by atoms with Gasteiger partial charge in [-0.1, -0.05) is 29.8 Å². The lowest BCUT2D eigenvalue weighted by molar-refractivity contribution is 0.628. The lowest BCUT2D eigenvalue weighted by Gasteiger charge is -2.13. The van der Waals surface area contributed by atoms with E-state index in [0.29, 0.717) is 22.8 Å². The van der Waals surface area contributed by atoms with Gasteiger partial charge in [0.15, 0.2) is 5.82 Å². The van der Waals surface area contributed by atoms with Gasteiger partial charge in [-0.25, -0.2) is 18.7 Å². The first kappa shape index (κ1) is 20.0. The summed E-state index contributed by atoms with van der Waals surface area (Å²) in [5.74, 6) is 0.227. The molecule has 0 radical (unpaired) electrons. The zero-order valence-corrected chi connectivity index (χ0v) is 17.3. The fraction of sp³-hybridized carbons (Fsp3) is 0. The largest absolute Gasteiger partial charge is 0.340 e. The molecule has 32 heavy (non-hydrogen) atoms. The fourth-order valence-electron chi connectivity index (χ4n) is 3.38. The fourth-order valence-corrected chi connectivity index (χ4v) is 3.56. The van der Waals surface area contributed by atoms with Crippen LogP contribution in [-0.4, -0.2) is 15.0 Å². The number of pyridine rings is 1. The van der Waals surface area contributed by atoms with Gasteiger partial charge in [0.05, 0.1) is 10.5 Å². The monoisotopic (exact) mass is 444 g/mol. The van der Waals surface area contributed by atoms with Gasteiger partial charge in [-0.3, -0.25) is 4.98 Å². The average molecular weight is 445 g/mol. The lowest BCUT2D eigenvalue weighted by Crippen LogP contribution is -2.00. The molecule has 7 heteroatoms. The molecule has 2 aromatic heterocycles. The summed E-state index contributed by atoms with van der Waals surface area (Å²) in [5.41, 5.74) is 3.80. The molecule has 0 aliphatic rings. The van der Waals surface area contributed by atoms with Crippen LogP contribution in [0.25, 0.3) is 33.4 Å². The molecule has 0 aliphatic heterocycles. The second-order valence-electron chi connectivity index (χ2n) is 7.13. The molecule has 4 nitrogen and oxygen atoms in total. The summed E-state index contributed by atoms with van der Waals surface area (Å²) < 4.78 is 27.0. The molecule has 2 heterocycles. The van der Waals surface area contributed by atoms with Crippen LogP contribution in [-0.2, 0) is 0 Å². The van der Waals surface area contributed by atoms with Crippen molar-refractivity contribution in [1.29, 1.82) is 0 Å². The van der Waals surface area contributed by atoms with E-state index in [4.69, 9.17) is 21.6 Å². The second kappa shape index (κ2) is 8.32. The average Bonchev–Trinajstić information content (AvgIpc) is 2.82. The van der Waals surface area contributed by atoms with Gasteiger partial charge in [-0.2, -0.15) is 0 Å². The highest BCUT2D eigenvalue weighted by Gasteiger charge is 2.12. The summed E-state index contributed by atoms with van der Waals surface area (Å²) in [7, 11) is 0. The van der Waals surface area contributed by atoms with Crippen molar-refractivity contribution in [2.24, 2.45) is 0 Å². The molecule has 156 valence electrons. The van der Waals surface area contributed by atoms with Crippen LogP contribution in [0.2, 0.25) is 5.02 Å². The first-order valence-electron chi connectivity index (χ1n) is 9.77. The Kier molecular flexibility index (Phi) is 5.21. The second-order valence-corrected chi connectivity index (χ2v) is 7.54. The third kappa shape index (κ3) is 4.00. The quantitative estimate of drug-likeness (QED) is 0.323. The molecule has 0 atom stereocenters. The third-order valence-electron chi connectivity index (χ3n) is 4.98. The van der Waals surface area contributed by atoms with Crippen molar-refractivity contribution in [3.63, 3.8) is 0 Å². The highest BCUT2D eigenvalue weighted by molar-refractivity contribution is 6.31. The highest BCUT2D eigenvalue weighted by atomic mass is 35.5. The molecule has 0 aliphatic carbocycles. The molecule has 0 unspecified atom stereocenters. The van der Waals surface area contributed by atoms with Crippen molar-refractivity contribution in [1.82, 2.24) is 15.0 Å². The lowest BCUT2D eigenvalue weighted by atomic mass is 10.0. The van der Waals surface area contributed by atoms with E-state index < -0.39 is 5.82 Å². The Labute approximate surface area is 187 Å². The van der Waals surface area contributed by atoms with Gasteiger partial charge in [-0.15, -0.1) is 0 Å². The van der Waals surface area contributed by atoms with Crippen LogP contribution in [0.4, 0.5) is 20.3 Å². The van der Waals surface area contributed by atoms with Gasteiger partial charge in [-0.05, 0) is 65.7 Å². The SMILES string of the molecule is Fc1ccc(-c2ccc3nc(-c4cccnc4)nc(Nc4ccc(F)c(Cl)c4)c3c2)cc1. The van der Waals surface area contributed by atoms with Crippen LogP contribution in [0.15, 0.2) is 85.2 Å². The van der Waals surface area contributed by atoms with E-state index in [9.17, 15) is 8.78 Å². The van der Waals surface area contributed by atoms with Crippen molar-refractivity contribution < 1.29 is 8.78 Å². The summed E-state index contributed by atoms with van der Waals surface area (Å²) in [4.78, 5) is 13.5. The van der Waals surface area contributed by atoms with Gasteiger partial charge >= 0.3 is 0 Å². The Morgan fingerprint density at radius 2 is 1.59 bits per heavy atom. The van der Waals surface area contributed by atoms with E-state index in [1.807, 2.05) is 30.3 Å². The first-order valence-corrected chi connectivity index (χ1v) is 10.1. The van der Waals surface area contributed by atoms with Crippen LogP contribution in [0, 0.1) is 11.6 Å². The summed E-state index contributed by atoms with van der Waals surface area (Å²) in [6.45, 7) is 0. The van der Waals surface area contributed by atoms with Gasteiger partial charge in [0, 0.05) is 29.0 Å². The molecule has 0 fully saturated rings. The van der Waals surface area contributed by atoms with Crippen LogP contribution in [0.1, 0.15) is 0 Å². The number of fused-ring (bicyclic) bond motifs is 1. The minimum atomic E-state index is -0.501. The van der Waals surface area contributed by atoms with E-state index >= 15 is 0 Å². The molecule has 0 amide bonds. The number of hydrogen-bond acceptors (Lipinski definition) is 4. The predicted octanol–water partition coefficient (Wildman–Crippen LogP) is 7.03. The van der Waals surface area contributed by atoms with Crippen molar-refractivity contribution in [2.45, 2.75) is 0 Å². The van der Waals surface area contributed by atoms with Crippen molar-refractivity contribution >= 4 is 34.0 Å². The molecule has 0 bridgehead atoms. The number of halogens is 3. The number of rotatable bonds is 4. The molecule has 1 N–H and O–H groups in total. The maximum absolute atomic E-state index is 13.6. The minimum absolute atomic E-state index is 0.00726. The molecule has 0 saturated heterocycles. The number of aromatic nitrogens is 3. The van der Waals surface area contributed by atoms with Gasteiger partial charge in [0.25, 0.3) is 0 Å². The maximum Gasteiger partial charge on any atom is 0.163 e. The van der Waals surface area contributed by atoms with Gasteiger partial charge in [0.2, 0.25) is 0 Å². The number of nitrogens with one attached hydrogen (secondary N) is 1. The molecular formula is C25H15ClF2N4. The zero-order chi connectivity index (χ0) is 22.1. The molecule has 0 spiro atoms. The smallest absolute Gasteiger partial charge is 0.163 e. The Balaban J connectivity index is 1.67. The van der Waals surface area contributed by atoms with Crippen LogP contribution in [0.3, 0.4) is 0 Å². The number of anilines is 2. The molecular weight excluding hydrogens is 430 g/mol. The van der Waals surface area contributed by atoms with Crippen molar-refractivity contribution in [3.8, 4) is 22.5 Å². The van der Waals surface area contributed by atoms with Crippen LogP contribution >= 0.6 is 11.6 Å². The zero-order valence-electron chi connectivity index (χ0n) is 16.6. The topological polar surface area (TPSA) is 50.7 Å². The van der Waals surface area contributed by atoms with Crippen molar-refractivity contribution in [2.75, 3.05) is 5.32 Å². The molecule has 5 aromatic rings. The van der Waals surface area contributed by atoms with E-state index in [1.165, 1.54) is 24.3 Å². The van der Waals surface area contributed by atoms with E-state index in [2.05, 4.69) is 10.3 Å².